The SMILES string of the molecule is Cc1ccc(CN2CC(=O)Nc3cnc(OCC4CCCOC4)nc32)cn1. The van der Waals surface area contributed by atoms with E-state index in [1.165, 1.54) is 0 Å². The number of ether oxygens (including phenoxy) is 2. The fraction of sp³-hybridized carbons (Fsp3) is 0.474. The lowest BCUT2D eigenvalue weighted by molar-refractivity contribution is -0.115. The van der Waals surface area contributed by atoms with Crippen LogP contribution in [-0.2, 0) is 16.1 Å². The number of rotatable bonds is 5. The molecule has 0 aliphatic carbocycles. The van der Waals surface area contributed by atoms with Gasteiger partial charge in [0.2, 0.25) is 5.91 Å². The van der Waals surface area contributed by atoms with Gasteiger partial charge in [0.15, 0.2) is 5.82 Å². The predicted octanol–water partition coefficient (Wildman–Crippen LogP) is 1.94. The lowest BCUT2D eigenvalue weighted by atomic mass is 10.0. The summed E-state index contributed by atoms with van der Waals surface area (Å²) in [7, 11) is 0. The minimum atomic E-state index is -0.0841. The minimum absolute atomic E-state index is 0.0841. The number of fused-ring (bicyclic) bond motifs is 1. The first-order valence-electron chi connectivity index (χ1n) is 9.21. The van der Waals surface area contributed by atoms with E-state index in [-0.39, 0.29) is 12.5 Å². The zero-order chi connectivity index (χ0) is 18.6. The molecule has 0 bridgehead atoms. The van der Waals surface area contributed by atoms with Crippen molar-refractivity contribution >= 4 is 17.4 Å². The molecule has 1 N–H and O–H groups in total. The van der Waals surface area contributed by atoms with Crippen LogP contribution in [0.1, 0.15) is 24.1 Å². The number of nitrogens with zero attached hydrogens (tertiary/aromatic N) is 4. The molecule has 4 rings (SSSR count). The first kappa shape index (κ1) is 17.7. The Morgan fingerprint density at radius 1 is 1.33 bits per heavy atom. The number of nitrogens with one attached hydrogen (secondary N) is 1. The normalized spacial score (nSPS) is 19.4. The van der Waals surface area contributed by atoms with Crippen molar-refractivity contribution < 1.29 is 14.3 Å². The monoisotopic (exact) mass is 369 g/mol. The number of hydrogen-bond acceptors (Lipinski definition) is 7. The number of carbonyl (C=O) groups excluding carboxylic acids is 1. The Kier molecular flexibility index (Phi) is 5.15. The Bertz CT molecular complexity index is 805. The molecule has 1 amide bonds. The molecule has 2 aliphatic heterocycles. The van der Waals surface area contributed by atoms with Crippen molar-refractivity contribution in [2.45, 2.75) is 26.3 Å². The fourth-order valence-electron chi connectivity index (χ4n) is 3.27. The van der Waals surface area contributed by atoms with E-state index in [1.54, 1.807) is 6.20 Å². The number of hydrogen-bond donors (Lipinski definition) is 1. The summed E-state index contributed by atoms with van der Waals surface area (Å²) in [6.45, 7) is 4.80. The topological polar surface area (TPSA) is 89.5 Å². The van der Waals surface area contributed by atoms with E-state index in [1.807, 2.05) is 30.2 Å². The van der Waals surface area contributed by atoms with E-state index >= 15 is 0 Å². The van der Waals surface area contributed by atoms with E-state index < -0.39 is 0 Å². The molecular formula is C19H23N5O3. The van der Waals surface area contributed by atoms with Crippen LogP contribution in [0.15, 0.2) is 24.5 Å². The van der Waals surface area contributed by atoms with Crippen molar-refractivity contribution in [2.24, 2.45) is 5.92 Å². The third-order valence-electron chi connectivity index (χ3n) is 4.70. The Balaban J connectivity index is 1.49. The average Bonchev–Trinajstić information content (AvgIpc) is 2.69. The minimum Gasteiger partial charge on any atom is -0.463 e. The zero-order valence-electron chi connectivity index (χ0n) is 15.4. The highest BCUT2D eigenvalue weighted by atomic mass is 16.5. The molecule has 8 heteroatoms. The van der Waals surface area contributed by atoms with Gasteiger partial charge in [0.25, 0.3) is 0 Å². The highest BCUT2D eigenvalue weighted by Gasteiger charge is 2.25. The average molecular weight is 369 g/mol. The van der Waals surface area contributed by atoms with Crippen LogP contribution in [0.25, 0.3) is 0 Å². The summed E-state index contributed by atoms with van der Waals surface area (Å²) in [6.07, 6.45) is 5.58. The summed E-state index contributed by atoms with van der Waals surface area (Å²) in [6, 6.07) is 4.29. The largest absolute Gasteiger partial charge is 0.463 e. The number of carbonyl (C=O) groups is 1. The van der Waals surface area contributed by atoms with Gasteiger partial charge in [-0.15, -0.1) is 0 Å². The second-order valence-electron chi connectivity index (χ2n) is 7.00. The summed E-state index contributed by atoms with van der Waals surface area (Å²) in [5.41, 5.74) is 2.57. The second kappa shape index (κ2) is 7.87. The Hall–Kier alpha value is -2.74. The van der Waals surface area contributed by atoms with Crippen LogP contribution < -0.4 is 15.0 Å². The van der Waals surface area contributed by atoms with E-state index in [0.717, 1.165) is 30.7 Å². The molecule has 1 fully saturated rings. The van der Waals surface area contributed by atoms with Crippen molar-refractivity contribution in [3.8, 4) is 6.01 Å². The number of pyridine rings is 1. The van der Waals surface area contributed by atoms with E-state index in [9.17, 15) is 4.79 Å². The van der Waals surface area contributed by atoms with Gasteiger partial charge in [-0.05, 0) is 31.4 Å². The van der Waals surface area contributed by atoms with Crippen LogP contribution in [0.4, 0.5) is 11.5 Å². The molecule has 0 saturated carbocycles. The zero-order valence-corrected chi connectivity index (χ0v) is 15.4. The maximum atomic E-state index is 12.0. The number of amides is 1. The van der Waals surface area contributed by atoms with Crippen molar-refractivity contribution in [1.29, 1.82) is 0 Å². The summed E-state index contributed by atoms with van der Waals surface area (Å²) in [5.74, 6) is 0.951. The maximum absolute atomic E-state index is 12.0. The number of aryl methyl sites for hydroxylation is 1. The van der Waals surface area contributed by atoms with Gasteiger partial charge in [-0.25, -0.2) is 4.98 Å². The molecule has 2 aromatic heterocycles. The molecule has 0 radical (unpaired) electrons. The summed E-state index contributed by atoms with van der Waals surface area (Å²) >= 11 is 0. The molecule has 4 heterocycles. The predicted molar refractivity (Wildman–Crippen MR) is 99.7 cm³/mol. The molecule has 2 aromatic rings. The number of aromatic nitrogens is 3. The Morgan fingerprint density at radius 2 is 2.26 bits per heavy atom. The number of anilines is 2. The smallest absolute Gasteiger partial charge is 0.318 e. The van der Waals surface area contributed by atoms with Crippen molar-refractivity contribution in [3.05, 3.63) is 35.8 Å². The molecular weight excluding hydrogens is 346 g/mol. The quantitative estimate of drug-likeness (QED) is 0.861. The lowest BCUT2D eigenvalue weighted by Gasteiger charge is -2.29. The summed E-state index contributed by atoms with van der Waals surface area (Å²) < 4.78 is 11.3. The summed E-state index contributed by atoms with van der Waals surface area (Å²) in [5, 5.41) is 2.82. The highest BCUT2D eigenvalue weighted by Crippen LogP contribution is 2.29. The second-order valence-corrected chi connectivity index (χ2v) is 7.00. The van der Waals surface area contributed by atoms with Gasteiger partial charge in [-0.3, -0.25) is 9.78 Å². The molecule has 8 nitrogen and oxygen atoms in total. The Labute approximate surface area is 157 Å². The third kappa shape index (κ3) is 4.33. The van der Waals surface area contributed by atoms with Crippen LogP contribution in [0.5, 0.6) is 6.01 Å². The van der Waals surface area contributed by atoms with E-state index in [4.69, 9.17) is 9.47 Å². The summed E-state index contributed by atoms with van der Waals surface area (Å²) in [4.78, 5) is 27.0. The van der Waals surface area contributed by atoms with Crippen LogP contribution in [0.2, 0.25) is 0 Å². The molecule has 1 saturated heterocycles. The van der Waals surface area contributed by atoms with Crippen molar-refractivity contribution in [1.82, 2.24) is 15.0 Å². The first-order chi connectivity index (χ1) is 13.2. The van der Waals surface area contributed by atoms with Crippen molar-refractivity contribution in [3.63, 3.8) is 0 Å². The Morgan fingerprint density at radius 3 is 3.04 bits per heavy atom. The van der Waals surface area contributed by atoms with Gasteiger partial charge in [0.1, 0.15) is 5.69 Å². The van der Waals surface area contributed by atoms with E-state index in [2.05, 4.69) is 20.3 Å². The molecule has 0 spiro atoms. The van der Waals surface area contributed by atoms with Gasteiger partial charge in [-0.2, -0.15) is 4.98 Å². The molecule has 142 valence electrons. The molecule has 27 heavy (non-hydrogen) atoms. The molecule has 2 aliphatic rings. The van der Waals surface area contributed by atoms with Gasteiger partial charge >= 0.3 is 6.01 Å². The van der Waals surface area contributed by atoms with Crippen LogP contribution in [-0.4, -0.2) is 47.2 Å². The van der Waals surface area contributed by atoms with Crippen LogP contribution >= 0.6 is 0 Å². The maximum Gasteiger partial charge on any atom is 0.318 e. The molecule has 1 unspecified atom stereocenters. The van der Waals surface area contributed by atoms with Gasteiger partial charge in [0, 0.05) is 31.0 Å². The molecule has 0 aromatic carbocycles. The lowest BCUT2D eigenvalue weighted by Crippen LogP contribution is -2.38. The van der Waals surface area contributed by atoms with Crippen molar-refractivity contribution in [2.75, 3.05) is 36.6 Å². The van der Waals surface area contributed by atoms with Gasteiger partial charge in [0.05, 0.1) is 26.0 Å². The fourth-order valence-corrected chi connectivity index (χ4v) is 3.27. The first-order valence-corrected chi connectivity index (χ1v) is 9.21. The highest BCUT2D eigenvalue weighted by molar-refractivity contribution is 6.00. The standard InChI is InChI=1S/C19H23N5O3/c1-13-4-5-14(7-20-13)9-24-10-17(25)22-16-8-21-19(23-18(16)24)27-12-15-3-2-6-26-11-15/h4-5,7-8,15H,2-3,6,9-12H2,1H3,(H,22,25). The molecule has 1 atom stereocenters. The van der Waals surface area contributed by atoms with E-state index in [0.29, 0.717) is 43.2 Å². The van der Waals surface area contributed by atoms with Gasteiger partial charge in [-0.1, -0.05) is 6.07 Å². The third-order valence-corrected chi connectivity index (χ3v) is 4.70. The van der Waals surface area contributed by atoms with Crippen LogP contribution in [0.3, 0.4) is 0 Å². The van der Waals surface area contributed by atoms with Crippen LogP contribution in [0, 0.1) is 12.8 Å². The van der Waals surface area contributed by atoms with Gasteiger partial charge < -0.3 is 19.7 Å².